The molecule has 5 nitrogen and oxygen atoms in total. The molecule has 0 saturated heterocycles. The van der Waals surface area contributed by atoms with Gasteiger partial charge in [0.25, 0.3) is 0 Å². The van der Waals surface area contributed by atoms with Gasteiger partial charge in [-0.25, -0.2) is 4.98 Å². The van der Waals surface area contributed by atoms with Gasteiger partial charge in [-0.3, -0.25) is 4.79 Å². The predicted octanol–water partition coefficient (Wildman–Crippen LogP) is 5.34. The zero-order valence-electron chi connectivity index (χ0n) is 17.6. The molecule has 0 fully saturated rings. The number of carbonyl (C=O) groups excluding carboxylic acids is 1. The van der Waals surface area contributed by atoms with Crippen LogP contribution in [0.4, 0.5) is 5.69 Å². The number of rotatable bonds is 8. The fourth-order valence-corrected chi connectivity index (χ4v) is 4.38. The lowest BCUT2D eigenvalue weighted by atomic mass is 10.00. The number of fused-ring (bicyclic) bond motifs is 1. The Morgan fingerprint density at radius 1 is 1.06 bits per heavy atom. The van der Waals surface area contributed by atoms with E-state index < -0.39 is 0 Å². The minimum atomic E-state index is -0.109. The van der Waals surface area contributed by atoms with E-state index in [9.17, 15) is 4.79 Å². The normalized spacial score (nSPS) is 11.9. The van der Waals surface area contributed by atoms with E-state index in [2.05, 4.69) is 65.0 Å². The fraction of sp³-hybridized carbons (Fsp3) is 0.200. The van der Waals surface area contributed by atoms with Crippen molar-refractivity contribution in [3.63, 3.8) is 0 Å². The van der Waals surface area contributed by atoms with Gasteiger partial charge >= 0.3 is 0 Å². The molecule has 0 aliphatic heterocycles. The average Bonchev–Trinajstić information content (AvgIpc) is 3.24. The number of ether oxygens (including phenoxy) is 1. The maximum Gasteiger partial charge on any atom is 0.231 e. The highest BCUT2D eigenvalue weighted by Crippen LogP contribution is 2.25. The van der Waals surface area contributed by atoms with Crippen LogP contribution in [-0.2, 0) is 17.8 Å². The Hall–Kier alpha value is -3.22. The van der Waals surface area contributed by atoms with Crippen molar-refractivity contribution in [2.45, 2.75) is 25.9 Å². The van der Waals surface area contributed by atoms with Crippen LogP contribution in [0, 0.1) is 0 Å². The lowest BCUT2D eigenvalue weighted by Gasteiger charge is -2.16. The van der Waals surface area contributed by atoms with Gasteiger partial charge in [-0.05, 0) is 35.4 Å². The fourth-order valence-electron chi connectivity index (χ4n) is 3.59. The maximum atomic E-state index is 12.4. The van der Waals surface area contributed by atoms with Crippen LogP contribution < -0.4 is 15.4 Å². The molecule has 4 rings (SSSR count). The molecule has 1 atom stereocenters. The number of hydrogen-bond acceptors (Lipinski definition) is 5. The van der Waals surface area contributed by atoms with Gasteiger partial charge in [0.1, 0.15) is 10.8 Å². The van der Waals surface area contributed by atoms with Gasteiger partial charge in [0.2, 0.25) is 5.91 Å². The van der Waals surface area contributed by atoms with Gasteiger partial charge in [-0.2, -0.15) is 0 Å². The van der Waals surface area contributed by atoms with E-state index in [-0.39, 0.29) is 18.4 Å². The van der Waals surface area contributed by atoms with Crippen LogP contribution in [0.2, 0.25) is 0 Å². The van der Waals surface area contributed by atoms with E-state index in [0.717, 1.165) is 10.7 Å². The monoisotopic (exact) mass is 431 g/mol. The second-order valence-electron chi connectivity index (χ2n) is 7.33. The number of carbonyl (C=O) groups is 1. The number of anilines is 1. The number of para-hydroxylation sites is 2. The molecule has 0 aliphatic rings. The summed E-state index contributed by atoms with van der Waals surface area (Å²) in [5.41, 5.74) is 2.87. The second-order valence-corrected chi connectivity index (χ2v) is 8.27. The molecule has 3 aromatic carbocycles. The highest BCUT2D eigenvalue weighted by Gasteiger charge is 2.12. The maximum absolute atomic E-state index is 12.4. The smallest absolute Gasteiger partial charge is 0.231 e. The first-order valence-electron chi connectivity index (χ1n) is 10.2. The Morgan fingerprint density at radius 3 is 2.71 bits per heavy atom. The van der Waals surface area contributed by atoms with Crippen LogP contribution in [0.5, 0.6) is 5.75 Å². The average molecular weight is 432 g/mol. The molecule has 1 heterocycles. The molecule has 1 aromatic heterocycles. The summed E-state index contributed by atoms with van der Waals surface area (Å²) in [4.78, 5) is 17.0. The van der Waals surface area contributed by atoms with E-state index >= 15 is 0 Å². The molecular formula is C25H25N3O2S. The summed E-state index contributed by atoms with van der Waals surface area (Å²) in [6, 6.07) is 22.4. The molecule has 2 N–H and O–H groups in total. The first-order valence-corrected chi connectivity index (χ1v) is 11.1. The number of amides is 1. The summed E-state index contributed by atoms with van der Waals surface area (Å²) < 4.78 is 5.28. The first-order chi connectivity index (χ1) is 15.1. The zero-order valence-corrected chi connectivity index (χ0v) is 18.4. The Balaban J connectivity index is 1.35. The van der Waals surface area contributed by atoms with Crippen molar-refractivity contribution < 1.29 is 9.53 Å². The summed E-state index contributed by atoms with van der Waals surface area (Å²) in [6.07, 6.45) is 0.238. The third-order valence-electron chi connectivity index (χ3n) is 5.17. The van der Waals surface area contributed by atoms with Crippen molar-refractivity contribution >= 4 is 33.7 Å². The molecule has 6 heteroatoms. The number of thiazole rings is 1. The molecule has 1 amide bonds. The number of nitrogens with zero attached hydrogens (tertiary/aromatic N) is 1. The minimum absolute atomic E-state index is 0.109. The van der Waals surface area contributed by atoms with E-state index in [1.54, 1.807) is 7.11 Å². The van der Waals surface area contributed by atoms with Crippen molar-refractivity contribution in [3.05, 3.63) is 88.4 Å². The van der Waals surface area contributed by atoms with Gasteiger partial charge in [-0.15, -0.1) is 11.3 Å². The Kier molecular flexibility index (Phi) is 6.60. The van der Waals surface area contributed by atoms with Gasteiger partial charge < -0.3 is 15.4 Å². The largest absolute Gasteiger partial charge is 0.495 e. The summed E-state index contributed by atoms with van der Waals surface area (Å²) in [7, 11) is 1.59. The molecule has 31 heavy (non-hydrogen) atoms. The van der Waals surface area contributed by atoms with Crippen molar-refractivity contribution in [1.82, 2.24) is 10.3 Å². The highest BCUT2D eigenvalue weighted by molar-refractivity contribution is 7.09. The van der Waals surface area contributed by atoms with E-state index in [1.165, 1.54) is 27.7 Å². The number of methoxy groups -OCH3 is 1. The van der Waals surface area contributed by atoms with Crippen LogP contribution in [0.15, 0.2) is 72.1 Å². The SMILES string of the molecule is COc1ccccc1NC(=O)Cc1nc(CN[C@@H](C)c2cccc3ccccc23)cs1. The first kappa shape index (κ1) is 21.0. The summed E-state index contributed by atoms with van der Waals surface area (Å²) in [6.45, 7) is 2.81. The second kappa shape index (κ2) is 9.73. The summed E-state index contributed by atoms with van der Waals surface area (Å²) in [5, 5.41) is 11.8. The molecule has 0 aliphatic carbocycles. The number of aromatic nitrogens is 1. The van der Waals surface area contributed by atoms with Gasteiger partial charge in [0.15, 0.2) is 0 Å². The minimum Gasteiger partial charge on any atom is -0.495 e. The summed E-state index contributed by atoms with van der Waals surface area (Å²) in [5.74, 6) is 0.532. The van der Waals surface area contributed by atoms with Crippen LogP contribution in [-0.4, -0.2) is 18.0 Å². The van der Waals surface area contributed by atoms with Crippen LogP contribution in [0.3, 0.4) is 0 Å². The molecule has 0 saturated carbocycles. The third kappa shape index (κ3) is 5.10. The number of nitrogens with one attached hydrogen (secondary N) is 2. The van der Waals surface area contributed by atoms with Crippen molar-refractivity contribution in [3.8, 4) is 5.75 Å². The molecule has 0 radical (unpaired) electrons. The van der Waals surface area contributed by atoms with E-state index in [1.807, 2.05) is 29.6 Å². The quantitative estimate of drug-likeness (QED) is 0.395. The standard InChI is InChI=1S/C25H25N3O2S/c1-17(20-11-7-9-18-8-3-4-10-21(18)20)26-15-19-16-31-25(27-19)14-24(29)28-22-12-5-6-13-23(22)30-2/h3-13,16-17,26H,14-15H2,1-2H3,(H,28,29)/t17-/m0/s1. The lowest BCUT2D eigenvalue weighted by Crippen LogP contribution is -2.19. The third-order valence-corrected chi connectivity index (χ3v) is 6.07. The molecule has 158 valence electrons. The molecule has 0 unspecified atom stereocenters. The zero-order chi connectivity index (χ0) is 21.6. The van der Waals surface area contributed by atoms with Crippen LogP contribution >= 0.6 is 11.3 Å². The highest BCUT2D eigenvalue weighted by atomic mass is 32.1. The number of hydrogen-bond donors (Lipinski definition) is 2. The molecule has 0 spiro atoms. The topological polar surface area (TPSA) is 63.2 Å². The van der Waals surface area contributed by atoms with Gasteiger partial charge in [0, 0.05) is 18.0 Å². The van der Waals surface area contributed by atoms with E-state index in [0.29, 0.717) is 18.0 Å². The van der Waals surface area contributed by atoms with E-state index in [4.69, 9.17) is 4.74 Å². The molecule has 4 aromatic rings. The van der Waals surface area contributed by atoms with Crippen LogP contribution in [0.1, 0.15) is 29.2 Å². The van der Waals surface area contributed by atoms with Crippen LogP contribution in [0.25, 0.3) is 10.8 Å². The predicted molar refractivity (Wildman–Crippen MR) is 127 cm³/mol. The van der Waals surface area contributed by atoms with Crippen molar-refractivity contribution in [2.24, 2.45) is 0 Å². The Morgan fingerprint density at radius 2 is 1.84 bits per heavy atom. The van der Waals surface area contributed by atoms with Gasteiger partial charge in [0.05, 0.1) is 24.9 Å². The molecular weight excluding hydrogens is 406 g/mol. The molecule has 0 bridgehead atoms. The Labute approximate surface area is 186 Å². The van der Waals surface area contributed by atoms with Gasteiger partial charge in [-0.1, -0.05) is 54.6 Å². The number of benzene rings is 3. The van der Waals surface area contributed by atoms with Crippen molar-refractivity contribution in [1.29, 1.82) is 0 Å². The Bertz CT molecular complexity index is 1180. The summed E-state index contributed by atoms with van der Waals surface area (Å²) >= 11 is 1.51. The van der Waals surface area contributed by atoms with Crippen molar-refractivity contribution in [2.75, 3.05) is 12.4 Å². The lowest BCUT2D eigenvalue weighted by molar-refractivity contribution is -0.115.